The molecule has 1 aromatic carbocycles. The van der Waals surface area contributed by atoms with Gasteiger partial charge in [0.2, 0.25) is 15.9 Å². The molecule has 0 unspecified atom stereocenters. The minimum Gasteiger partial charge on any atom is -0.497 e. The van der Waals surface area contributed by atoms with Gasteiger partial charge in [0, 0.05) is 32.7 Å². The highest BCUT2D eigenvalue weighted by molar-refractivity contribution is 7.92. The minimum absolute atomic E-state index is 0.306. The van der Waals surface area contributed by atoms with Gasteiger partial charge in [0.05, 0.1) is 19.1 Å². The summed E-state index contributed by atoms with van der Waals surface area (Å²) in [6.07, 6.45) is 1.94. The molecule has 0 saturated carbocycles. The van der Waals surface area contributed by atoms with Gasteiger partial charge in [0.1, 0.15) is 11.8 Å². The Balaban J connectivity index is 1.90. The Morgan fingerprint density at radius 2 is 1.82 bits per heavy atom. The van der Waals surface area contributed by atoms with Gasteiger partial charge in [-0.05, 0) is 51.2 Å². The topological polar surface area (TPSA) is 82.2 Å². The molecule has 1 amide bonds. The van der Waals surface area contributed by atoms with E-state index in [0.717, 1.165) is 49.7 Å². The maximum absolute atomic E-state index is 12.6. The molecule has 1 saturated heterocycles. The zero-order valence-corrected chi connectivity index (χ0v) is 18.0. The number of rotatable bonds is 9. The van der Waals surface area contributed by atoms with Crippen LogP contribution < -0.4 is 14.4 Å². The Morgan fingerprint density at radius 1 is 1.21 bits per heavy atom. The van der Waals surface area contributed by atoms with Crippen molar-refractivity contribution in [3.8, 4) is 5.75 Å². The Bertz CT molecular complexity index is 731. The van der Waals surface area contributed by atoms with Crippen LogP contribution in [0.3, 0.4) is 0 Å². The predicted molar refractivity (Wildman–Crippen MR) is 111 cm³/mol. The van der Waals surface area contributed by atoms with Crippen LogP contribution in [0.25, 0.3) is 0 Å². The molecule has 9 heteroatoms. The van der Waals surface area contributed by atoms with E-state index in [1.165, 1.54) is 0 Å². The number of nitrogens with one attached hydrogen (secondary N) is 1. The van der Waals surface area contributed by atoms with Crippen LogP contribution in [0.2, 0.25) is 0 Å². The highest BCUT2D eigenvalue weighted by Gasteiger charge is 2.29. The summed E-state index contributed by atoms with van der Waals surface area (Å²) < 4.78 is 30.8. The highest BCUT2D eigenvalue weighted by Crippen LogP contribution is 2.23. The third-order valence-corrected chi connectivity index (χ3v) is 6.20. The van der Waals surface area contributed by atoms with Crippen molar-refractivity contribution in [2.45, 2.75) is 19.4 Å². The Kier molecular flexibility index (Phi) is 8.09. The smallest absolute Gasteiger partial charge is 0.243 e. The molecular formula is C19H32N4O4S. The average Bonchev–Trinajstić information content (AvgIpc) is 2.66. The zero-order chi connectivity index (χ0) is 20.7. The number of carbonyl (C=O) groups excluding carboxylic acids is 1. The van der Waals surface area contributed by atoms with Gasteiger partial charge in [0.25, 0.3) is 0 Å². The molecular weight excluding hydrogens is 380 g/mol. The first kappa shape index (κ1) is 22.4. The minimum atomic E-state index is -3.62. The number of methoxy groups -OCH3 is 1. The second-order valence-corrected chi connectivity index (χ2v) is 9.08. The molecule has 1 N–H and O–H groups in total. The normalized spacial score (nSPS) is 17.1. The number of piperazine rings is 1. The van der Waals surface area contributed by atoms with Crippen LogP contribution >= 0.6 is 0 Å². The Labute approximate surface area is 168 Å². The first-order valence-electron chi connectivity index (χ1n) is 9.54. The number of hydrogen-bond donors (Lipinski definition) is 1. The fourth-order valence-electron chi connectivity index (χ4n) is 3.27. The van der Waals surface area contributed by atoms with E-state index in [2.05, 4.69) is 22.2 Å². The summed E-state index contributed by atoms with van der Waals surface area (Å²) in [5, 5.41) is 2.87. The van der Waals surface area contributed by atoms with Gasteiger partial charge in [0.15, 0.2) is 0 Å². The van der Waals surface area contributed by atoms with Crippen LogP contribution in [0.5, 0.6) is 5.75 Å². The van der Waals surface area contributed by atoms with Crippen LogP contribution in [0.1, 0.15) is 13.3 Å². The number of nitrogens with zero attached hydrogens (tertiary/aromatic N) is 3. The van der Waals surface area contributed by atoms with Crippen LogP contribution in [-0.2, 0) is 14.8 Å². The van der Waals surface area contributed by atoms with E-state index >= 15 is 0 Å². The molecule has 2 rings (SSSR count). The predicted octanol–water partition coefficient (Wildman–Crippen LogP) is 0.603. The molecule has 0 bridgehead atoms. The van der Waals surface area contributed by atoms with Gasteiger partial charge in [-0.3, -0.25) is 9.10 Å². The SMILES string of the molecule is COc1ccc(N([C@@H](C)C(=O)NCCCN2CCN(C)CC2)S(C)(=O)=O)cc1. The molecule has 1 aromatic rings. The lowest BCUT2D eigenvalue weighted by Crippen LogP contribution is -2.48. The van der Waals surface area contributed by atoms with Gasteiger partial charge in [-0.2, -0.15) is 0 Å². The van der Waals surface area contributed by atoms with E-state index in [0.29, 0.717) is 18.0 Å². The van der Waals surface area contributed by atoms with Gasteiger partial charge in [-0.25, -0.2) is 8.42 Å². The highest BCUT2D eigenvalue weighted by atomic mass is 32.2. The molecule has 8 nitrogen and oxygen atoms in total. The van der Waals surface area contributed by atoms with Crippen LogP contribution in [-0.4, -0.2) is 89.8 Å². The van der Waals surface area contributed by atoms with Crippen molar-refractivity contribution < 1.29 is 17.9 Å². The first-order valence-corrected chi connectivity index (χ1v) is 11.4. The average molecular weight is 413 g/mol. The molecule has 1 heterocycles. The summed E-state index contributed by atoms with van der Waals surface area (Å²) in [6.45, 7) is 7.26. The number of likely N-dealkylation sites (N-methyl/N-ethyl adjacent to an activating group) is 1. The summed E-state index contributed by atoms with van der Waals surface area (Å²) in [4.78, 5) is 17.2. The molecule has 1 fully saturated rings. The number of carbonyl (C=O) groups is 1. The van der Waals surface area contributed by atoms with Crippen LogP contribution in [0.4, 0.5) is 5.69 Å². The lowest BCUT2D eigenvalue weighted by atomic mass is 10.2. The van der Waals surface area contributed by atoms with Crippen molar-refractivity contribution in [3.05, 3.63) is 24.3 Å². The second-order valence-electron chi connectivity index (χ2n) is 7.22. The maximum atomic E-state index is 12.6. The van der Waals surface area contributed by atoms with Gasteiger partial charge in [-0.15, -0.1) is 0 Å². The molecule has 0 spiro atoms. The number of anilines is 1. The van der Waals surface area contributed by atoms with Crippen molar-refractivity contribution >= 4 is 21.6 Å². The summed E-state index contributed by atoms with van der Waals surface area (Å²) in [6, 6.07) is 5.78. The summed E-state index contributed by atoms with van der Waals surface area (Å²) in [5.41, 5.74) is 0.434. The van der Waals surface area contributed by atoms with E-state index in [1.54, 1.807) is 38.3 Å². The number of benzene rings is 1. The Hall–Kier alpha value is -1.84. The van der Waals surface area contributed by atoms with Crippen LogP contribution in [0, 0.1) is 0 Å². The van der Waals surface area contributed by atoms with Crippen molar-refractivity contribution in [1.82, 2.24) is 15.1 Å². The molecule has 158 valence electrons. The lowest BCUT2D eigenvalue weighted by Gasteiger charge is -2.32. The summed E-state index contributed by atoms with van der Waals surface area (Å²) >= 11 is 0. The molecule has 0 radical (unpaired) electrons. The first-order chi connectivity index (χ1) is 13.2. The van der Waals surface area contributed by atoms with Crippen molar-refractivity contribution in [2.24, 2.45) is 0 Å². The summed E-state index contributed by atoms with van der Waals surface area (Å²) in [7, 11) is 0.0476. The third-order valence-electron chi connectivity index (χ3n) is 4.96. The number of hydrogen-bond acceptors (Lipinski definition) is 6. The number of amides is 1. The quantitative estimate of drug-likeness (QED) is 0.599. The molecule has 1 atom stereocenters. The lowest BCUT2D eigenvalue weighted by molar-refractivity contribution is -0.121. The molecule has 1 aliphatic rings. The van der Waals surface area contributed by atoms with E-state index in [-0.39, 0.29) is 5.91 Å². The second kappa shape index (κ2) is 10.1. The van der Waals surface area contributed by atoms with Gasteiger partial charge in [-0.1, -0.05) is 0 Å². The summed E-state index contributed by atoms with van der Waals surface area (Å²) in [5.74, 6) is 0.317. The standard InChI is InChI=1S/C19H32N4O4S/c1-16(19(24)20-10-5-11-22-14-12-21(2)13-15-22)23(28(4,25)26)17-6-8-18(27-3)9-7-17/h6-9,16H,5,10-15H2,1-4H3,(H,20,24)/t16-/m0/s1. The van der Waals surface area contributed by atoms with Crippen molar-refractivity contribution in [1.29, 1.82) is 0 Å². The molecule has 28 heavy (non-hydrogen) atoms. The Morgan fingerprint density at radius 3 is 2.36 bits per heavy atom. The number of sulfonamides is 1. The monoisotopic (exact) mass is 412 g/mol. The molecule has 1 aliphatic heterocycles. The third kappa shape index (κ3) is 6.35. The van der Waals surface area contributed by atoms with E-state index < -0.39 is 16.1 Å². The van der Waals surface area contributed by atoms with Crippen LogP contribution in [0.15, 0.2) is 24.3 Å². The van der Waals surface area contributed by atoms with Gasteiger partial charge >= 0.3 is 0 Å². The number of ether oxygens (including phenoxy) is 1. The van der Waals surface area contributed by atoms with Gasteiger partial charge < -0.3 is 19.9 Å². The van der Waals surface area contributed by atoms with Crippen molar-refractivity contribution in [3.63, 3.8) is 0 Å². The molecule has 0 aromatic heterocycles. The fraction of sp³-hybridized carbons (Fsp3) is 0.632. The van der Waals surface area contributed by atoms with E-state index in [4.69, 9.17) is 4.74 Å². The largest absolute Gasteiger partial charge is 0.497 e. The van der Waals surface area contributed by atoms with Crippen molar-refractivity contribution in [2.75, 3.05) is 64.0 Å². The van der Waals surface area contributed by atoms with E-state index in [9.17, 15) is 13.2 Å². The maximum Gasteiger partial charge on any atom is 0.243 e. The molecule has 0 aliphatic carbocycles. The zero-order valence-electron chi connectivity index (χ0n) is 17.2. The van der Waals surface area contributed by atoms with E-state index in [1.807, 2.05) is 0 Å². The fourth-order valence-corrected chi connectivity index (χ4v) is 4.45.